The number of hydrogen-bond acceptors (Lipinski definition) is 4. The van der Waals surface area contributed by atoms with Gasteiger partial charge in [-0.3, -0.25) is 14.9 Å². The zero-order valence-electron chi connectivity index (χ0n) is 7.06. The maximum atomic E-state index is 11.3. The summed E-state index contributed by atoms with van der Waals surface area (Å²) >= 11 is 0.951. The first kappa shape index (κ1) is 9.08. The second-order valence-electron chi connectivity index (χ2n) is 2.87. The molecule has 0 aliphatic carbocycles. The van der Waals surface area contributed by atoms with Crippen LogP contribution in [0.3, 0.4) is 0 Å². The first-order valence-electron chi connectivity index (χ1n) is 3.97. The lowest BCUT2D eigenvalue weighted by Crippen LogP contribution is -2.20. The Kier molecular flexibility index (Phi) is 2.17. The summed E-state index contributed by atoms with van der Waals surface area (Å²) in [6.45, 7) is 0. The average Bonchev–Trinajstić information content (AvgIpc) is 2.47. The summed E-state index contributed by atoms with van der Waals surface area (Å²) in [5.41, 5.74) is 0.719. The van der Waals surface area contributed by atoms with Crippen molar-refractivity contribution in [1.82, 2.24) is 5.32 Å². The number of nitrogens with one attached hydrogen (secondary N) is 1. The van der Waals surface area contributed by atoms with Crippen LogP contribution in [0.4, 0.5) is 4.79 Å². The third kappa shape index (κ3) is 1.58. The van der Waals surface area contributed by atoms with E-state index in [0.717, 1.165) is 17.3 Å². The summed E-state index contributed by atoms with van der Waals surface area (Å²) in [5.74, 6) is -0.158. The molecule has 14 heavy (non-hydrogen) atoms. The van der Waals surface area contributed by atoms with Gasteiger partial charge in [-0.1, -0.05) is 12.1 Å². The van der Waals surface area contributed by atoms with E-state index >= 15 is 0 Å². The average molecular weight is 209 g/mol. The van der Waals surface area contributed by atoms with Gasteiger partial charge in [0.1, 0.15) is 11.0 Å². The number of phenols is 1. The van der Waals surface area contributed by atoms with Crippen molar-refractivity contribution in [2.45, 2.75) is 5.25 Å². The number of hydrogen-bond donors (Lipinski definition) is 2. The van der Waals surface area contributed by atoms with Crippen LogP contribution >= 0.6 is 11.8 Å². The summed E-state index contributed by atoms with van der Waals surface area (Å²) in [6, 6.07) is 6.24. The molecular formula is C9H7NO3S. The van der Waals surface area contributed by atoms with Crippen molar-refractivity contribution in [3.05, 3.63) is 29.8 Å². The number of thioether (sulfide) groups is 1. The number of carbonyl (C=O) groups is 2. The third-order valence-corrected chi connectivity index (χ3v) is 2.92. The van der Waals surface area contributed by atoms with E-state index in [1.54, 1.807) is 12.1 Å². The maximum Gasteiger partial charge on any atom is 0.286 e. The predicted octanol–water partition coefficient (Wildman–Crippen LogP) is 1.42. The van der Waals surface area contributed by atoms with Crippen LogP contribution in [0.2, 0.25) is 0 Å². The molecule has 1 atom stereocenters. The molecule has 0 unspecified atom stereocenters. The van der Waals surface area contributed by atoms with Gasteiger partial charge in [-0.05, 0) is 29.5 Å². The van der Waals surface area contributed by atoms with Crippen LogP contribution in [0, 0.1) is 0 Å². The smallest absolute Gasteiger partial charge is 0.286 e. The van der Waals surface area contributed by atoms with Crippen LogP contribution < -0.4 is 5.32 Å². The lowest BCUT2D eigenvalue weighted by molar-refractivity contribution is -0.119. The van der Waals surface area contributed by atoms with Crippen molar-refractivity contribution in [3.8, 4) is 5.75 Å². The van der Waals surface area contributed by atoms with E-state index in [2.05, 4.69) is 5.32 Å². The van der Waals surface area contributed by atoms with E-state index in [0.29, 0.717) is 0 Å². The fraction of sp³-hybridized carbons (Fsp3) is 0.111. The zero-order chi connectivity index (χ0) is 10.1. The predicted molar refractivity (Wildman–Crippen MR) is 52.0 cm³/mol. The van der Waals surface area contributed by atoms with Gasteiger partial charge >= 0.3 is 0 Å². The van der Waals surface area contributed by atoms with Crippen LogP contribution in [0.5, 0.6) is 5.75 Å². The lowest BCUT2D eigenvalue weighted by atomic mass is 10.1. The van der Waals surface area contributed by atoms with Crippen molar-refractivity contribution in [2.24, 2.45) is 0 Å². The van der Waals surface area contributed by atoms with Gasteiger partial charge < -0.3 is 5.11 Å². The molecule has 5 heteroatoms. The highest BCUT2D eigenvalue weighted by Gasteiger charge is 2.32. The fourth-order valence-corrected chi connectivity index (χ4v) is 2.06. The molecular weight excluding hydrogens is 202 g/mol. The molecule has 72 valence electrons. The van der Waals surface area contributed by atoms with Crippen molar-refractivity contribution < 1.29 is 14.7 Å². The Hall–Kier alpha value is -1.49. The second kappa shape index (κ2) is 3.34. The second-order valence-corrected chi connectivity index (χ2v) is 3.94. The Labute approximate surface area is 84.3 Å². The van der Waals surface area contributed by atoms with E-state index in [9.17, 15) is 9.59 Å². The molecule has 0 aromatic heterocycles. The molecule has 1 saturated heterocycles. The maximum absolute atomic E-state index is 11.3. The van der Waals surface area contributed by atoms with Gasteiger partial charge in [0.15, 0.2) is 0 Å². The largest absolute Gasteiger partial charge is 0.508 e. The molecule has 2 amide bonds. The summed E-state index contributed by atoms with van der Waals surface area (Å²) in [5, 5.41) is 10.4. The number of phenolic OH excluding ortho intramolecular Hbond substituents is 1. The van der Waals surface area contributed by atoms with Crippen LogP contribution in [-0.2, 0) is 4.79 Å². The van der Waals surface area contributed by atoms with Crippen molar-refractivity contribution in [1.29, 1.82) is 0 Å². The number of imide groups is 1. The minimum atomic E-state index is -0.483. The molecule has 1 aliphatic heterocycles. The highest BCUT2D eigenvalue weighted by atomic mass is 32.2. The molecule has 0 bridgehead atoms. The molecule has 4 nitrogen and oxygen atoms in total. The molecule has 1 aliphatic rings. The summed E-state index contributed by atoms with van der Waals surface area (Å²) in [6.07, 6.45) is 0. The first-order valence-corrected chi connectivity index (χ1v) is 4.85. The standard InChI is InChI=1S/C9H7NO3S/c11-6-3-1-5(2-4-6)7-8(12)10-9(13)14-7/h1-4,7,11H,(H,10,12,13)/t7-/m1/s1. The molecule has 2 rings (SSSR count). The van der Waals surface area contributed by atoms with Gasteiger partial charge in [0.25, 0.3) is 5.24 Å². The number of aromatic hydroxyl groups is 1. The third-order valence-electron chi connectivity index (χ3n) is 1.88. The van der Waals surface area contributed by atoms with Gasteiger partial charge in [0, 0.05) is 0 Å². The quantitative estimate of drug-likeness (QED) is 0.734. The minimum Gasteiger partial charge on any atom is -0.508 e. The number of carbonyl (C=O) groups excluding carboxylic acids is 2. The number of benzene rings is 1. The Bertz CT molecular complexity index is 388. The first-order chi connectivity index (χ1) is 6.66. The molecule has 2 N–H and O–H groups in total. The Morgan fingerprint density at radius 3 is 2.36 bits per heavy atom. The van der Waals surface area contributed by atoms with Crippen LogP contribution in [-0.4, -0.2) is 16.3 Å². The normalized spacial score (nSPS) is 21.0. The number of amides is 2. The van der Waals surface area contributed by atoms with Crippen LogP contribution in [0.25, 0.3) is 0 Å². The number of rotatable bonds is 1. The van der Waals surface area contributed by atoms with E-state index in [-0.39, 0.29) is 16.9 Å². The van der Waals surface area contributed by atoms with Gasteiger partial charge in [0.2, 0.25) is 5.91 Å². The van der Waals surface area contributed by atoms with Gasteiger partial charge in [-0.15, -0.1) is 0 Å². The molecule has 0 saturated carbocycles. The fourth-order valence-electron chi connectivity index (χ4n) is 1.22. The summed E-state index contributed by atoms with van der Waals surface area (Å²) in [7, 11) is 0. The monoisotopic (exact) mass is 209 g/mol. The molecule has 1 aromatic rings. The van der Waals surface area contributed by atoms with Gasteiger partial charge in [-0.2, -0.15) is 0 Å². The lowest BCUT2D eigenvalue weighted by Gasteiger charge is -2.04. The summed E-state index contributed by atoms with van der Waals surface area (Å²) in [4.78, 5) is 22.1. The van der Waals surface area contributed by atoms with Crippen LogP contribution in [0.1, 0.15) is 10.8 Å². The Morgan fingerprint density at radius 1 is 1.21 bits per heavy atom. The van der Waals surface area contributed by atoms with Crippen molar-refractivity contribution >= 4 is 22.9 Å². The SMILES string of the molecule is O=C1NC(=O)[C@@H](c2ccc(O)cc2)S1. The van der Waals surface area contributed by atoms with Crippen molar-refractivity contribution in [3.63, 3.8) is 0 Å². The van der Waals surface area contributed by atoms with E-state index in [1.807, 2.05) is 0 Å². The Morgan fingerprint density at radius 2 is 1.86 bits per heavy atom. The van der Waals surface area contributed by atoms with Gasteiger partial charge in [-0.25, -0.2) is 0 Å². The molecule has 1 fully saturated rings. The van der Waals surface area contributed by atoms with Crippen LogP contribution in [0.15, 0.2) is 24.3 Å². The molecule has 1 aromatic carbocycles. The Balaban J connectivity index is 2.27. The molecule has 0 radical (unpaired) electrons. The van der Waals surface area contributed by atoms with E-state index in [1.165, 1.54) is 12.1 Å². The topological polar surface area (TPSA) is 66.4 Å². The zero-order valence-corrected chi connectivity index (χ0v) is 7.88. The minimum absolute atomic E-state index is 0.142. The molecule has 1 heterocycles. The van der Waals surface area contributed by atoms with E-state index in [4.69, 9.17) is 5.11 Å². The highest BCUT2D eigenvalue weighted by molar-refractivity contribution is 8.15. The molecule has 0 spiro atoms. The van der Waals surface area contributed by atoms with Gasteiger partial charge in [0.05, 0.1) is 0 Å². The van der Waals surface area contributed by atoms with E-state index < -0.39 is 5.25 Å². The van der Waals surface area contributed by atoms with Crippen molar-refractivity contribution in [2.75, 3.05) is 0 Å². The highest BCUT2D eigenvalue weighted by Crippen LogP contribution is 2.34. The summed E-state index contributed by atoms with van der Waals surface area (Å²) < 4.78 is 0.